The van der Waals surface area contributed by atoms with Crippen LogP contribution in [0.15, 0.2) is 12.2 Å². The van der Waals surface area contributed by atoms with Crippen LogP contribution in [0.1, 0.15) is 116 Å². The Labute approximate surface area is 205 Å². The number of hydrogen-bond donors (Lipinski definition) is 4. The summed E-state index contributed by atoms with van der Waals surface area (Å²) in [6.45, 7) is 8.27. The van der Waals surface area contributed by atoms with Crippen molar-refractivity contribution >= 4 is 5.91 Å². The molecule has 0 bridgehead atoms. The van der Waals surface area contributed by atoms with Gasteiger partial charge in [0.15, 0.2) is 0 Å². The van der Waals surface area contributed by atoms with E-state index in [4.69, 9.17) is 0 Å². The molecule has 0 spiro atoms. The monoisotopic (exact) mass is 464 g/mol. The third-order valence-electron chi connectivity index (χ3n) is 6.50. The lowest BCUT2D eigenvalue weighted by Crippen LogP contribution is -2.37. The van der Waals surface area contributed by atoms with E-state index in [0.29, 0.717) is 12.5 Å². The molecular formula is C28H56N4O. The van der Waals surface area contributed by atoms with Crippen molar-refractivity contribution in [3.8, 4) is 0 Å². The number of rotatable bonds is 13. The molecule has 1 aliphatic rings. The molecule has 0 aromatic rings. The second-order valence-corrected chi connectivity index (χ2v) is 9.79. The van der Waals surface area contributed by atoms with Crippen molar-refractivity contribution in [1.82, 2.24) is 21.3 Å². The Kier molecular flexibility index (Phi) is 22.1. The van der Waals surface area contributed by atoms with Crippen LogP contribution in [-0.4, -0.2) is 51.2 Å². The van der Waals surface area contributed by atoms with Crippen LogP contribution in [0.2, 0.25) is 0 Å². The predicted molar refractivity (Wildman–Crippen MR) is 144 cm³/mol. The maximum absolute atomic E-state index is 12.4. The first-order valence-corrected chi connectivity index (χ1v) is 14.4. The quantitative estimate of drug-likeness (QED) is 0.216. The van der Waals surface area contributed by atoms with Crippen LogP contribution in [-0.2, 0) is 4.79 Å². The first-order valence-electron chi connectivity index (χ1n) is 14.4. The Morgan fingerprint density at radius 1 is 0.697 bits per heavy atom. The fourth-order valence-corrected chi connectivity index (χ4v) is 4.40. The summed E-state index contributed by atoms with van der Waals surface area (Å²) in [5.41, 5.74) is 0. The number of nitrogens with one attached hydrogen (secondary N) is 4. The van der Waals surface area contributed by atoms with Gasteiger partial charge in [0, 0.05) is 19.0 Å². The Bertz CT molecular complexity index is 455. The predicted octanol–water partition coefficient (Wildman–Crippen LogP) is 5.46. The van der Waals surface area contributed by atoms with E-state index in [2.05, 4.69) is 40.3 Å². The summed E-state index contributed by atoms with van der Waals surface area (Å²) < 4.78 is 0. The molecule has 1 rings (SSSR count). The Balaban J connectivity index is 2.12. The lowest BCUT2D eigenvalue weighted by Gasteiger charge is -2.19. The number of unbranched alkanes of at least 4 members (excludes halogenated alkanes) is 9. The molecule has 1 heterocycles. The lowest BCUT2D eigenvalue weighted by molar-refractivity contribution is -0.121. The fraction of sp³-hybridized carbons (Fsp3) is 0.893. The standard InChI is InChI=1S/C28H56N4O/c1-2-3-4-5-6-7-8-9-10-11-12-13-14-19-27-26-28(33)32-25-18-23-30-21-16-15-20-29-22-17-24-31-27/h4-5,27,29-31H,2-3,6-26H2,1H3,(H,32,33)/b5-4+. The van der Waals surface area contributed by atoms with Gasteiger partial charge in [-0.05, 0) is 84.1 Å². The molecule has 5 heteroatoms. The van der Waals surface area contributed by atoms with Gasteiger partial charge >= 0.3 is 0 Å². The minimum atomic E-state index is 0.208. The summed E-state index contributed by atoms with van der Waals surface area (Å²) in [5.74, 6) is 0.208. The zero-order valence-corrected chi connectivity index (χ0v) is 21.9. The summed E-state index contributed by atoms with van der Waals surface area (Å²) in [6, 6.07) is 0.319. The van der Waals surface area contributed by atoms with Crippen LogP contribution in [0.4, 0.5) is 0 Å². The maximum atomic E-state index is 12.4. The van der Waals surface area contributed by atoms with E-state index in [-0.39, 0.29) is 5.91 Å². The molecule has 0 aromatic carbocycles. The second kappa shape index (κ2) is 24.2. The zero-order chi connectivity index (χ0) is 23.7. The third-order valence-corrected chi connectivity index (χ3v) is 6.50. The van der Waals surface area contributed by atoms with Gasteiger partial charge in [0.2, 0.25) is 5.91 Å². The summed E-state index contributed by atoms with van der Waals surface area (Å²) in [6.07, 6.45) is 25.5. The number of hydrogen-bond acceptors (Lipinski definition) is 4. The normalized spacial score (nSPS) is 20.5. The van der Waals surface area contributed by atoms with E-state index in [9.17, 15) is 4.79 Å². The van der Waals surface area contributed by atoms with Gasteiger partial charge in [-0.15, -0.1) is 0 Å². The lowest BCUT2D eigenvalue weighted by atomic mass is 10.0. The van der Waals surface area contributed by atoms with Crippen molar-refractivity contribution < 1.29 is 4.79 Å². The van der Waals surface area contributed by atoms with E-state index < -0.39 is 0 Å². The fourth-order valence-electron chi connectivity index (χ4n) is 4.40. The number of carbonyl (C=O) groups excluding carboxylic acids is 1. The van der Waals surface area contributed by atoms with Gasteiger partial charge in [0.05, 0.1) is 0 Å². The van der Waals surface area contributed by atoms with Gasteiger partial charge in [-0.25, -0.2) is 0 Å². The van der Waals surface area contributed by atoms with Gasteiger partial charge in [0.25, 0.3) is 0 Å². The van der Waals surface area contributed by atoms with E-state index >= 15 is 0 Å². The maximum Gasteiger partial charge on any atom is 0.221 e. The Morgan fingerprint density at radius 2 is 1.27 bits per heavy atom. The van der Waals surface area contributed by atoms with Crippen molar-refractivity contribution in [2.24, 2.45) is 0 Å². The molecule has 0 aromatic heterocycles. The summed E-state index contributed by atoms with van der Waals surface area (Å²) in [4.78, 5) is 12.4. The molecule has 33 heavy (non-hydrogen) atoms. The SMILES string of the molecule is CCC/C=C/CCCCCCCCCCC1CC(=O)NCCCNCCCCNCCCN1. The molecule has 1 unspecified atom stereocenters. The van der Waals surface area contributed by atoms with E-state index in [1.807, 2.05) is 0 Å². The molecule has 0 aliphatic carbocycles. The minimum Gasteiger partial charge on any atom is -0.356 e. The zero-order valence-electron chi connectivity index (χ0n) is 21.9. The van der Waals surface area contributed by atoms with Crippen molar-refractivity contribution in [2.45, 2.75) is 122 Å². The Hall–Kier alpha value is -0.910. The third kappa shape index (κ3) is 21.4. The molecule has 0 saturated carbocycles. The highest BCUT2D eigenvalue weighted by Gasteiger charge is 2.13. The highest BCUT2D eigenvalue weighted by molar-refractivity contribution is 5.76. The molecule has 0 radical (unpaired) electrons. The summed E-state index contributed by atoms with van der Waals surface area (Å²) in [5, 5.41) is 13.8. The molecule has 1 fully saturated rings. The van der Waals surface area contributed by atoms with Crippen LogP contribution in [0.25, 0.3) is 0 Å². The van der Waals surface area contributed by atoms with Crippen molar-refractivity contribution in [3.05, 3.63) is 12.2 Å². The van der Waals surface area contributed by atoms with E-state index in [0.717, 1.165) is 58.5 Å². The van der Waals surface area contributed by atoms with Crippen LogP contribution in [0, 0.1) is 0 Å². The molecular weight excluding hydrogens is 408 g/mol. The van der Waals surface area contributed by atoms with Crippen LogP contribution in [0.5, 0.6) is 0 Å². The largest absolute Gasteiger partial charge is 0.356 e. The molecule has 4 N–H and O–H groups in total. The number of amides is 1. The highest BCUT2D eigenvalue weighted by Crippen LogP contribution is 2.13. The molecule has 194 valence electrons. The second-order valence-electron chi connectivity index (χ2n) is 9.79. The van der Waals surface area contributed by atoms with Gasteiger partial charge < -0.3 is 21.3 Å². The topological polar surface area (TPSA) is 65.2 Å². The van der Waals surface area contributed by atoms with Gasteiger partial charge in [0.1, 0.15) is 0 Å². The van der Waals surface area contributed by atoms with Gasteiger partial charge in [-0.3, -0.25) is 4.79 Å². The van der Waals surface area contributed by atoms with E-state index in [1.165, 1.54) is 83.5 Å². The van der Waals surface area contributed by atoms with Crippen molar-refractivity contribution in [3.63, 3.8) is 0 Å². The first-order chi connectivity index (χ1) is 16.3. The Morgan fingerprint density at radius 3 is 1.97 bits per heavy atom. The van der Waals surface area contributed by atoms with Crippen LogP contribution < -0.4 is 21.3 Å². The van der Waals surface area contributed by atoms with Crippen molar-refractivity contribution in [2.75, 3.05) is 39.3 Å². The molecule has 5 nitrogen and oxygen atoms in total. The summed E-state index contributed by atoms with van der Waals surface area (Å²) in [7, 11) is 0. The van der Waals surface area contributed by atoms with E-state index in [1.54, 1.807) is 0 Å². The van der Waals surface area contributed by atoms with Crippen LogP contribution in [0.3, 0.4) is 0 Å². The van der Waals surface area contributed by atoms with Gasteiger partial charge in [-0.2, -0.15) is 0 Å². The average Bonchev–Trinajstić information content (AvgIpc) is 2.81. The van der Waals surface area contributed by atoms with Gasteiger partial charge in [-0.1, -0.05) is 70.4 Å². The minimum absolute atomic E-state index is 0.208. The summed E-state index contributed by atoms with van der Waals surface area (Å²) >= 11 is 0. The molecule has 1 saturated heterocycles. The molecule has 1 aliphatic heterocycles. The molecule has 1 atom stereocenters. The van der Waals surface area contributed by atoms with Crippen molar-refractivity contribution in [1.29, 1.82) is 0 Å². The van der Waals surface area contributed by atoms with Crippen LogP contribution >= 0.6 is 0 Å². The average molecular weight is 465 g/mol. The smallest absolute Gasteiger partial charge is 0.221 e. The molecule has 1 amide bonds. The number of carbonyl (C=O) groups is 1. The first kappa shape index (κ1) is 30.1. The highest BCUT2D eigenvalue weighted by atomic mass is 16.1. The number of allylic oxidation sites excluding steroid dienone is 2.